The van der Waals surface area contributed by atoms with Gasteiger partial charge in [0.15, 0.2) is 0 Å². The van der Waals surface area contributed by atoms with Crippen molar-refractivity contribution in [2.45, 2.75) is 38.1 Å². The topological polar surface area (TPSA) is 75.3 Å². The standard InChI is InChI=1S/C13H18ClN5O/c1-9-2-4-13(7-20,5-3-9)18-11-6-10(14)17-12-15-8-16-19(11)12/h6,8-9,18,20H,2-5,7H2,1H3. The van der Waals surface area contributed by atoms with Crippen LogP contribution in [0.4, 0.5) is 5.82 Å². The van der Waals surface area contributed by atoms with Crippen LogP contribution in [-0.2, 0) is 0 Å². The van der Waals surface area contributed by atoms with Crippen molar-refractivity contribution >= 4 is 23.2 Å². The molecule has 0 bridgehead atoms. The Bertz CT molecular complexity index is 606. The molecule has 1 aliphatic carbocycles. The Hall–Kier alpha value is -1.40. The zero-order chi connectivity index (χ0) is 14.2. The lowest BCUT2D eigenvalue weighted by Crippen LogP contribution is -2.45. The summed E-state index contributed by atoms with van der Waals surface area (Å²) in [5, 5.41) is 17.8. The van der Waals surface area contributed by atoms with E-state index in [0.29, 0.717) is 16.8 Å². The molecule has 1 aliphatic rings. The van der Waals surface area contributed by atoms with E-state index in [0.717, 1.165) is 31.5 Å². The highest BCUT2D eigenvalue weighted by Gasteiger charge is 2.34. The third-order valence-corrected chi connectivity index (χ3v) is 4.34. The van der Waals surface area contributed by atoms with Gasteiger partial charge in [0.25, 0.3) is 5.78 Å². The molecule has 7 heteroatoms. The second-order valence-corrected chi connectivity index (χ2v) is 6.07. The average Bonchev–Trinajstić information content (AvgIpc) is 2.90. The fourth-order valence-electron chi connectivity index (χ4n) is 2.78. The number of nitrogens with zero attached hydrogens (tertiary/aromatic N) is 4. The average molecular weight is 296 g/mol. The van der Waals surface area contributed by atoms with Crippen molar-refractivity contribution in [3.8, 4) is 0 Å². The fourth-order valence-corrected chi connectivity index (χ4v) is 2.96. The van der Waals surface area contributed by atoms with E-state index in [1.807, 2.05) is 0 Å². The fraction of sp³-hybridized carbons (Fsp3) is 0.615. The van der Waals surface area contributed by atoms with Gasteiger partial charge in [-0.2, -0.15) is 19.6 Å². The SMILES string of the molecule is CC1CCC(CO)(Nc2cc(Cl)nc3ncnn23)CC1. The first-order valence-corrected chi connectivity index (χ1v) is 7.25. The van der Waals surface area contributed by atoms with Crippen LogP contribution in [0.2, 0.25) is 5.15 Å². The maximum absolute atomic E-state index is 9.82. The first-order valence-electron chi connectivity index (χ1n) is 6.87. The van der Waals surface area contributed by atoms with E-state index in [1.165, 1.54) is 6.33 Å². The van der Waals surface area contributed by atoms with Gasteiger partial charge in [-0.3, -0.25) is 0 Å². The predicted octanol–water partition coefficient (Wildman–Crippen LogP) is 2.13. The largest absolute Gasteiger partial charge is 0.394 e. The Morgan fingerprint density at radius 1 is 1.50 bits per heavy atom. The van der Waals surface area contributed by atoms with Crippen LogP contribution in [0.25, 0.3) is 5.78 Å². The number of halogens is 1. The van der Waals surface area contributed by atoms with Crippen molar-refractivity contribution in [2.24, 2.45) is 5.92 Å². The van der Waals surface area contributed by atoms with Gasteiger partial charge in [0, 0.05) is 6.07 Å². The van der Waals surface area contributed by atoms with Crippen molar-refractivity contribution in [2.75, 3.05) is 11.9 Å². The quantitative estimate of drug-likeness (QED) is 0.849. The molecule has 0 radical (unpaired) electrons. The number of rotatable bonds is 3. The van der Waals surface area contributed by atoms with Crippen LogP contribution in [0.15, 0.2) is 12.4 Å². The van der Waals surface area contributed by atoms with Gasteiger partial charge in [-0.05, 0) is 31.6 Å². The summed E-state index contributed by atoms with van der Waals surface area (Å²) >= 11 is 6.02. The molecule has 2 heterocycles. The molecular weight excluding hydrogens is 278 g/mol. The second kappa shape index (κ2) is 5.18. The maximum Gasteiger partial charge on any atom is 0.255 e. The van der Waals surface area contributed by atoms with E-state index >= 15 is 0 Å². The monoisotopic (exact) mass is 295 g/mol. The minimum Gasteiger partial charge on any atom is -0.394 e. The van der Waals surface area contributed by atoms with E-state index < -0.39 is 0 Å². The lowest BCUT2D eigenvalue weighted by molar-refractivity contribution is 0.155. The van der Waals surface area contributed by atoms with Crippen LogP contribution >= 0.6 is 11.6 Å². The summed E-state index contributed by atoms with van der Waals surface area (Å²) in [4.78, 5) is 8.15. The van der Waals surface area contributed by atoms with Crippen LogP contribution < -0.4 is 5.32 Å². The molecule has 0 atom stereocenters. The van der Waals surface area contributed by atoms with Crippen LogP contribution in [0.3, 0.4) is 0 Å². The molecule has 1 fully saturated rings. The zero-order valence-corrected chi connectivity index (χ0v) is 12.1. The van der Waals surface area contributed by atoms with Crippen molar-refractivity contribution < 1.29 is 5.11 Å². The molecule has 1 saturated carbocycles. The van der Waals surface area contributed by atoms with E-state index in [1.54, 1.807) is 10.6 Å². The molecule has 0 aromatic carbocycles. The second-order valence-electron chi connectivity index (χ2n) is 5.68. The molecule has 0 saturated heterocycles. The number of aromatic nitrogens is 4. The number of aliphatic hydroxyl groups is 1. The van der Waals surface area contributed by atoms with Gasteiger partial charge in [-0.25, -0.2) is 0 Å². The molecule has 20 heavy (non-hydrogen) atoms. The van der Waals surface area contributed by atoms with Crippen molar-refractivity contribution in [1.29, 1.82) is 0 Å². The molecule has 108 valence electrons. The van der Waals surface area contributed by atoms with Gasteiger partial charge < -0.3 is 10.4 Å². The number of fused-ring (bicyclic) bond motifs is 1. The third kappa shape index (κ3) is 2.45. The maximum atomic E-state index is 9.82. The van der Waals surface area contributed by atoms with Gasteiger partial charge >= 0.3 is 0 Å². The smallest absolute Gasteiger partial charge is 0.255 e. The predicted molar refractivity (Wildman–Crippen MR) is 76.9 cm³/mol. The van der Waals surface area contributed by atoms with Crippen molar-refractivity contribution in [3.05, 3.63) is 17.5 Å². The van der Waals surface area contributed by atoms with Gasteiger partial charge in [0.2, 0.25) is 0 Å². The van der Waals surface area contributed by atoms with Gasteiger partial charge in [-0.15, -0.1) is 0 Å². The summed E-state index contributed by atoms with van der Waals surface area (Å²) < 4.78 is 1.61. The Morgan fingerprint density at radius 3 is 2.95 bits per heavy atom. The number of nitrogens with one attached hydrogen (secondary N) is 1. The first kappa shape index (κ1) is 13.6. The Labute approximate surface area is 122 Å². The normalized spacial score (nSPS) is 26.9. The summed E-state index contributed by atoms with van der Waals surface area (Å²) in [6.45, 7) is 2.34. The van der Waals surface area contributed by atoms with Crippen LogP contribution in [0.5, 0.6) is 0 Å². The first-order chi connectivity index (χ1) is 9.62. The lowest BCUT2D eigenvalue weighted by Gasteiger charge is -2.39. The minimum absolute atomic E-state index is 0.0931. The molecule has 0 spiro atoms. The summed E-state index contributed by atoms with van der Waals surface area (Å²) in [5.41, 5.74) is -0.309. The van der Waals surface area contributed by atoms with Crippen LogP contribution in [-0.4, -0.2) is 36.8 Å². The van der Waals surface area contributed by atoms with E-state index in [4.69, 9.17) is 11.6 Å². The van der Waals surface area contributed by atoms with Gasteiger partial charge in [0.1, 0.15) is 17.3 Å². The van der Waals surface area contributed by atoms with Crippen molar-refractivity contribution in [3.63, 3.8) is 0 Å². The molecule has 6 nitrogen and oxygen atoms in total. The molecule has 2 aromatic heterocycles. The minimum atomic E-state index is -0.309. The van der Waals surface area contributed by atoms with E-state index in [2.05, 4.69) is 27.3 Å². The Kier molecular flexibility index (Phi) is 3.52. The Morgan fingerprint density at radius 2 is 2.25 bits per heavy atom. The molecule has 2 aromatic rings. The summed E-state index contributed by atoms with van der Waals surface area (Å²) in [6.07, 6.45) is 5.51. The molecule has 0 unspecified atom stereocenters. The summed E-state index contributed by atoms with van der Waals surface area (Å²) in [6, 6.07) is 1.72. The van der Waals surface area contributed by atoms with E-state index in [9.17, 15) is 5.11 Å². The molecule has 3 rings (SSSR count). The lowest BCUT2D eigenvalue weighted by atomic mass is 9.77. The summed E-state index contributed by atoms with van der Waals surface area (Å²) in [5.74, 6) is 1.89. The van der Waals surface area contributed by atoms with Crippen LogP contribution in [0, 0.1) is 5.92 Å². The zero-order valence-electron chi connectivity index (χ0n) is 11.4. The number of hydrogen-bond donors (Lipinski definition) is 2. The molecule has 0 amide bonds. The van der Waals surface area contributed by atoms with Crippen LogP contribution in [0.1, 0.15) is 32.6 Å². The molecular formula is C13H18ClN5O. The summed E-state index contributed by atoms with van der Waals surface area (Å²) in [7, 11) is 0. The number of hydrogen-bond acceptors (Lipinski definition) is 5. The van der Waals surface area contributed by atoms with Gasteiger partial charge in [0.05, 0.1) is 12.1 Å². The van der Waals surface area contributed by atoms with Crippen molar-refractivity contribution in [1.82, 2.24) is 19.6 Å². The number of aliphatic hydroxyl groups excluding tert-OH is 1. The van der Waals surface area contributed by atoms with Gasteiger partial charge in [-0.1, -0.05) is 18.5 Å². The third-order valence-electron chi connectivity index (χ3n) is 4.15. The highest BCUT2D eigenvalue weighted by molar-refractivity contribution is 6.29. The molecule has 2 N–H and O–H groups in total. The van der Waals surface area contributed by atoms with E-state index in [-0.39, 0.29) is 12.1 Å². The highest BCUT2D eigenvalue weighted by atomic mass is 35.5. The highest BCUT2D eigenvalue weighted by Crippen LogP contribution is 2.34. The Balaban J connectivity index is 1.93. The molecule has 0 aliphatic heterocycles. The number of anilines is 1.